The quantitative estimate of drug-likeness (QED) is 0.872. The summed E-state index contributed by atoms with van der Waals surface area (Å²) >= 11 is 1.14. The van der Waals surface area contributed by atoms with Crippen LogP contribution in [0.15, 0.2) is 32.6 Å². The first kappa shape index (κ1) is 16.9. The first-order chi connectivity index (χ1) is 10.4. The average molecular weight is 341 g/mol. The third-order valence-electron chi connectivity index (χ3n) is 3.27. The molecule has 1 atom stereocenters. The predicted octanol–water partition coefficient (Wildman–Crippen LogP) is 2.07. The minimum atomic E-state index is -3.51. The van der Waals surface area contributed by atoms with Gasteiger partial charge in [-0.1, -0.05) is 6.92 Å². The summed E-state index contributed by atoms with van der Waals surface area (Å²) in [6, 6.07) is 4.52. The van der Waals surface area contributed by atoms with E-state index < -0.39 is 10.0 Å². The van der Waals surface area contributed by atoms with Crippen molar-refractivity contribution in [3.05, 3.63) is 33.9 Å². The fraction of sp³-hybridized carbons (Fsp3) is 0.429. The van der Waals surface area contributed by atoms with Gasteiger partial charge in [0, 0.05) is 29.6 Å². The molecule has 0 aliphatic rings. The molecule has 2 rings (SSSR count). The summed E-state index contributed by atoms with van der Waals surface area (Å²) < 4.78 is 28.7. The fourth-order valence-corrected chi connectivity index (χ4v) is 4.34. The molecule has 0 amide bonds. The van der Waals surface area contributed by atoms with E-state index in [1.165, 1.54) is 10.7 Å². The van der Waals surface area contributed by atoms with Crippen LogP contribution >= 0.6 is 11.3 Å². The Morgan fingerprint density at radius 3 is 2.73 bits per heavy atom. The lowest BCUT2D eigenvalue weighted by molar-refractivity contribution is 0.558. The van der Waals surface area contributed by atoms with Crippen molar-refractivity contribution in [2.45, 2.75) is 44.0 Å². The number of nitrogens with zero attached hydrogens (tertiary/aromatic N) is 2. The summed E-state index contributed by atoms with van der Waals surface area (Å²) in [7, 11) is -3.51. The number of nitrogens with one attached hydrogen (secondary N) is 1. The van der Waals surface area contributed by atoms with Crippen LogP contribution in [-0.4, -0.2) is 24.2 Å². The zero-order valence-electron chi connectivity index (χ0n) is 12.7. The lowest BCUT2D eigenvalue weighted by atomic mass is 10.2. The molecule has 0 fully saturated rings. The summed E-state index contributed by atoms with van der Waals surface area (Å²) in [5.74, 6) is 0. The largest absolute Gasteiger partial charge is 0.268 e. The Kier molecular flexibility index (Phi) is 5.15. The molecule has 0 aliphatic heterocycles. The van der Waals surface area contributed by atoms with Gasteiger partial charge in [-0.2, -0.15) is 5.10 Å². The van der Waals surface area contributed by atoms with E-state index in [2.05, 4.69) is 9.82 Å². The molecule has 0 bridgehead atoms. The van der Waals surface area contributed by atoms with Crippen molar-refractivity contribution < 1.29 is 8.42 Å². The number of hydrogen-bond acceptors (Lipinski definition) is 5. The summed E-state index contributed by atoms with van der Waals surface area (Å²) in [4.78, 5) is 11.5. The molecule has 1 N–H and O–H groups in total. The lowest BCUT2D eigenvalue weighted by Gasteiger charge is -2.10. The third-order valence-corrected chi connectivity index (χ3v) is 6.30. The molecule has 0 radical (unpaired) electrons. The van der Waals surface area contributed by atoms with Crippen LogP contribution in [0.4, 0.5) is 0 Å². The maximum atomic E-state index is 12.2. The molecule has 22 heavy (non-hydrogen) atoms. The normalized spacial score (nSPS) is 13.2. The maximum absolute atomic E-state index is 12.2. The predicted molar refractivity (Wildman–Crippen MR) is 87.6 cm³/mol. The summed E-state index contributed by atoms with van der Waals surface area (Å²) in [5, 5.41) is 5.96. The van der Waals surface area contributed by atoms with Crippen molar-refractivity contribution in [2.24, 2.45) is 0 Å². The molecular formula is C14H19N3O3S2. The molecule has 120 valence electrons. The molecule has 0 saturated heterocycles. The molecule has 0 spiro atoms. The number of rotatable bonds is 6. The van der Waals surface area contributed by atoms with Crippen molar-refractivity contribution in [3.8, 4) is 11.3 Å². The van der Waals surface area contributed by atoms with Crippen molar-refractivity contribution in [1.82, 2.24) is 14.5 Å². The van der Waals surface area contributed by atoms with Gasteiger partial charge in [-0.15, -0.1) is 11.3 Å². The van der Waals surface area contributed by atoms with Crippen LogP contribution in [0, 0.1) is 0 Å². The van der Waals surface area contributed by atoms with Gasteiger partial charge >= 0.3 is 0 Å². The molecule has 2 heterocycles. The second-order valence-corrected chi connectivity index (χ2v) is 7.81. The Hall–Kier alpha value is -1.51. The van der Waals surface area contributed by atoms with Gasteiger partial charge in [-0.3, -0.25) is 4.79 Å². The molecule has 0 unspecified atom stereocenters. The second-order valence-electron chi connectivity index (χ2n) is 4.96. The zero-order chi connectivity index (χ0) is 16.3. The summed E-state index contributed by atoms with van der Waals surface area (Å²) in [6.45, 7) is 6.05. The van der Waals surface area contributed by atoms with E-state index in [1.54, 1.807) is 17.5 Å². The molecule has 2 aromatic rings. The smallest absolute Gasteiger partial charge is 0.266 e. The number of aromatic nitrogens is 2. The van der Waals surface area contributed by atoms with Gasteiger partial charge in [0.15, 0.2) is 0 Å². The van der Waals surface area contributed by atoms with E-state index in [0.29, 0.717) is 17.8 Å². The van der Waals surface area contributed by atoms with Gasteiger partial charge in [0.25, 0.3) is 5.56 Å². The Morgan fingerprint density at radius 2 is 2.09 bits per heavy atom. The van der Waals surface area contributed by atoms with Crippen molar-refractivity contribution in [1.29, 1.82) is 0 Å². The molecular weight excluding hydrogens is 322 g/mol. The van der Waals surface area contributed by atoms with Crippen LogP contribution in [0.3, 0.4) is 0 Å². The van der Waals surface area contributed by atoms with Gasteiger partial charge in [0.2, 0.25) is 10.0 Å². The van der Waals surface area contributed by atoms with Crippen molar-refractivity contribution >= 4 is 21.4 Å². The topological polar surface area (TPSA) is 81.1 Å². The van der Waals surface area contributed by atoms with Crippen LogP contribution in [0.5, 0.6) is 0 Å². The number of thiophene rings is 1. The van der Waals surface area contributed by atoms with Crippen molar-refractivity contribution in [2.75, 3.05) is 0 Å². The Morgan fingerprint density at radius 1 is 1.36 bits per heavy atom. The van der Waals surface area contributed by atoms with Gasteiger partial charge in [0.05, 0.1) is 5.69 Å². The second kappa shape index (κ2) is 6.72. The van der Waals surface area contributed by atoms with Crippen LogP contribution in [0.25, 0.3) is 11.3 Å². The number of aryl methyl sites for hydroxylation is 1. The average Bonchev–Trinajstić information content (AvgIpc) is 2.98. The number of hydrogen-bond donors (Lipinski definition) is 1. The number of sulfonamides is 1. The maximum Gasteiger partial charge on any atom is 0.266 e. The highest BCUT2D eigenvalue weighted by molar-refractivity contribution is 7.91. The molecule has 2 aromatic heterocycles. The highest BCUT2D eigenvalue weighted by Gasteiger charge is 2.19. The van der Waals surface area contributed by atoms with E-state index in [0.717, 1.165) is 17.8 Å². The lowest BCUT2D eigenvalue weighted by Crippen LogP contribution is -2.31. The first-order valence-electron chi connectivity index (χ1n) is 7.06. The Bertz CT molecular complexity index is 809. The minimum absolute atomic E-state index is 0.115. The highest BCUT2D eigenvalue weighted by atomic mass is 32.2. The van der Waals surface area contributed by atoms with Gasteiger partial charge < -0.3 is 0 Å². The standard InChI is InChI=1S/C14H19N3O3S2/c1-4-10(3)16-22(19,20)14-8-11(9-21-14)12-6-7-13(18)17(5-2)15-12/h6-10,16H,4-5H2,1-3H3/t10-/m1/s1. The van der Waals surface area contributed by atoms with Gasteiger partial charge in [-0.25, -0.2) is 17.8 Å². The van der Waals surface area contributed by atoms with E-state index >= 15 is 0 Å². The summed E-state index contributed by atoms with van der Waals surface area (Å²) in [6.07, 6.45) is 0.723. The monoisotopic (exact) mass is 341 g/mol. The molecule has 0 aromatic carbocycles. The molecule has 0 saturated carbocycles. The highest BCUT2D eigenvalue weighted by Crippen LogP contribution is 2.27. The summed E-state index contributed by atoms with van der Waals surface area (Å²) in [5.41, 5.74) is 1.10. The third kappa shape index (κ3) is 3.63. The molecule has 8 heteroatoms. The van der Waals surface area contributed by atoms with E-state index in [4.69, 9.17) is 0 Å². The van der Waals surface area contributed by atoms with Gasteiger partial charge in [0.1, 0.15) is 4.21 Å². The van der Waals surface area contributed by atoms with Crippen molar-refractivity contribution in [3.63, 3.8) is 0 Å². The SMILES string of the molecule is CC[C@@H](C)NS(=O)(=O)c1cc(-c2ccc(=O)n(CC)n2)cs1. The Balaban J connectivity index is 2.34. The minimum Gasteiger partial charge on any atom is -0.268 e. The van der Waals surface area contributed by atoms with E-state index in [9.17, 15) is 13.2 Å². The zero-order valence-corrected chi connectivity index (χ0v) is 14.4. The van der Waals surface area contributed by atoms with E-state index in [1.807, 2.05) is 20.8 Å². The van der Waals surface area contributed by atoms with Crippen LogP contribution in [0.2, 0.25) is 0 Å². The fourth-order valence-electron chi connectivity index (χ4n) is 1.83. The molecule has 0 aliphatic carbocycles. The van der Waals surface area contributed by atoms with E-state index in [-0.39, 0.29) is 15.8 Å². The Labute approximate surface area is 133 Å². The molecule has 6 nitrogen and oxygen atoms in total. The van der Waals surface area contributed by atoms with Gasteiger partial charge in [-0.05, 0) is 32.4 Å². The van der Waals surface area contributed by atoms with Crippen LogP contribution in [0.1, 0.15) is 27.2 Å². The van der Waals surface area contributed by atoms with Crippen LogP contribution < -0.4 is 10.3 Å². The van der Waals surface area contributed by atoms with Crippen LogP contribution in [-0.2, 0) is 16.6 Å². The first-order valence-corrected chi connectivity index (χ1v) is 9.43.